The van der Waals surface area contributed by atoms with E-state index >= 15 is 0 Å². The van der Waals surface area contributed by atoms with Gasteiger partial charge in [0.2, 0.25) is 12.1 Å². The van der Waals surface area contributed by atoms with Crippen LogP contribution in [0, 0.1) is 0 Å². The molecule has 1 aromatic rings. The molecule has 5 atom stereocenters. The molecule has 0 unspecified atom stereocenters. The van der Waals surface area contributed by atoms with Gasteiger partial charge in [0.05, 0.1) is 12.9 Å². The Labute approximate surface area is 114 Å². The number of carbonyl (C=O) groups excluding carboxylic acids is 1. The Morgan fingerprint density at radius 2 is 2.00 bits per heavy atom. The van der Waals surface area contributed by atoms with Gasteiger partial charge < -0.3 is 34.3 Å². The summed E-state index contributed by atoms with van der Waals surface area (Å²) in [6.45, 7) is 0.717. The van der Waals surface area contributed by atoms with Gasteiger partial charge in [-0.2, -0.15) is 0 Å². The van der Waals surface area contributed by atoms with Gasteiger partial charge in [-0.15, -0.1) is 0 Å². The number of furan rings is 1. The summed E-state index contributed by atoms with van der Waals surface area (Å²) in [7, 11) is 0. The van der Waals surface area contributed by atoms with Crippen LogP contribution in [0.5, 0.6) is 5.75 Å². The summed E-state index contributed by atoms with van der Waals surface area (Å²) < 4.78 is 15.4. The topological polar surface area (TPSA) is 130 Å². The van der Waals surface area contributed by atoms with Crippen LogP contribution in [0.15, 0.2) is 16.7 Å². The van der Waals surface area contributed by atoms with E-state index in [0.717, 1.165) is 0 Å². The number of aliphatic hydroxyl groups excluding tert-OH is 4. The minimum absolute atomic E-state index is 0.0434. The molecule has 1 aliphatic heterocycles. The second-order valence-electron chi connectivity index (χ2n) is 4.49. The van der Waals surface area contributed by atoms with Crippen molar-refractivity contribution in [3.63, 3.8) is 0 Å². The zero-order valence-corrected chi connectivity index (χ0v) is 10.7. The fourth-order valence-corrected chi connectivity index (χ4v) is 1.94. The predicted octanol–water partition coefficient (Wildman–Crippen LogP) is -1.34. The Hall–Kier alpha value is -1.45. The van der Waals surface area contributed by atoms with Crippen molar-refractivity contribution in [1.82, 2.24) is 0 Å². The lowest BCUT2D eigenvalue weighted by Crippen LogP contribution is -2.60. The first-order chi connectivity index (χ1) is 9.45. The van der Waals surface area contributed by atoms with E-state index in [1.54, 1.807) is 0 Å². The van der Waals surface area contributed by atoms with Crippen molar-refractivity contribution in [1.29, 1.82) is 0 Å². The van der Waals surface area contributed by atoms with E-state index in [2.05, 4.69) is 0 Å². The Morgan fingerprint density at radius 1 is 1.30 bits per heavy atom. The molecule has 0 saturated carbocycles. The van der Waals surface area contributed by atoms with Gasteiger partial charge in [-0.3, -0.25) is 4.79 Å². The Morgan fingerprint density at radius 3 is 2.60 bits per heavy atom. The maximum Gasteiger partial charge on any atom is 0.229 e. The van der Waals surface area contributed by atoms with Crippen LogP contribution in [0.25, 0.3) is 0 Å². The number of hydrogen-bond donors (Lipinski definition) is 4. The van der Waals surface area contributed by atoms with Crippen LogP contribution in [0.4, 0.5) is 0 Å². The third kappa shape index (κ3) is 2.69. The summed E-state index contributed by atoms with van der Waals surface area (Å²) in [6.07, 6.45) is -5.74. The van der Waals surface area contributed by atoms with Crippen LogP contribution in [0.1, 0.15) is 17.5 Å². The number of hydrogen-bond acceptors (Lipinski definition) is 8. The largest absolute Gasteiger partial charge is 0.458 e. The van der Waals surface area contributed by atoms with Gasteiger partial charge >= 0.3 is 0 Å². The SMILES string of the molecule is CC(=O)c1occc1O[13C@H]1O[13C@H]([13CH2]O)[13C@@H](O)[13C@H](O)[13C@H]1O. The number of Topliss-reactive ketones (excluding diaryl/α,β-unsaturated/α-hetero) is 1. The molecule has 112 valence electrons. The molecule has 4 N–H and O–H groups in total. The van der Waals surface area contributed by atoms with Gasteiger partial charge in [-0.25, -0.2) is 0 Å². The van der Waals surface area contributed by atoms with Gasteiger partial charge in [-0.1, -0.05) is 0 Å². The fourth-order valence-electron chi connectivity index (χ4n) is 1.94. The van der Waals surface area contributed by atoms with Crippen molar-refractivity contribution < 1.29 is 39.1 Å². The van der Waals surface area contributed by atoms with Crippen LogP contribution in [-0.4, -0.2) is 63.5 Å². The molecule has 0 aliphatic carbocycles. The number of rotatable bonds is 4. The molecule has 0 aromatic carbocycles. The molecule has 2 heterocycles. The minimum Gasteiger partial charge on any atom is -0.458 e. The van der Waals surface area contributed by atoms with Crippen molar-refractivity contribution in [2.75, 3.05) is 6.61 Å². The normalized spacial score (nSPS) is 34.0. The van der Waals surface area contributed by atoms with E-state index in [4.69, 9.17) is 19.0 Å². The minimum atomic E-state index is -1.54. The van der Waals surface area contributed by atoms with Crippen LogP contribution in [0.3, 0.4) is 0 Å². The predicted molar refractivity (Wildman–Crippen MR) is 63.1 cm³/mol. The summed E-state index contributed by atoms with van der Waals surface area (Å²) in [5, 5.41) is 38.1. The standard InChI is InChI=1S/C12H16O8/c1-5(14)11-6(2-3-18-11)19-12-10(17)9(16)8(15)7(4-13)20-12/h2-3,7-10,12-13,15-17H,4H2,1H3/t7-,8-,9+,10-,12+/m1/s1/i4+1,7+1,8+1,9+1,10+1,12+1. The number of ether oxygens (including phenoxy) is 2. The van der Waals surface area contributed by atoms with Crippen LogP contribution >= 0.6 is 0 Å². The van der Waals surface area contributed by atoms with Gasteiger partial charge in [0.15, 0.2) is 11.5 Å². The first-order valence-electron chi connectivity index (χ1n) is 6.01. The average Bonchev–Trinajstić information content (AvgIpc) is 2.87. The van der Waals surface area contributed by atoms with E-state index in [-0.39, 0.29) is 17.3 Å². The summed E-state index contributed by atoms with van der Waals surface area (Å²) >= 11 is 0. The van der Waals surface area contributed by atoms with Crippen LogP contribution < -0.4 is 4.74 Å². The van der Waals surface area contributed by atoms with Crippen molar-refractivity contribution in [3.8, 4) is 5.75 Å². The highest BCUT2D eigenvalue weighted by atomic mass is 16.9. The van der Waals surface area contributed by atoms with Crippen LogP contribution in [-0.2, 0) is 4.74 Å². The molecule has 8 nitrogen and oxygen atoms in total. The van der Waals surface area contributed by atoms with Crippen molar-refractivity contribution in [2.24, 2.45) is 0 Å². The molecule has 0 amide bonds. The zero-order valence-electron chi connectivity index (χ0n) is 10.7. The van der Waals surface area contributed by atoms with Gasteiger partial charge in [0.25, 0.3) is 0 Å². The van der Waals surface area contributed by atoms with Crippen molar-refractivity contribution in [2.45, 2.75) is 37.6 Å². The summed E-state index contributed by atoms with van der Waals surface area (Å²) in [5.74, 6) is -0.390. The third-order valence-corrected chi connectivity index (χ3v) is 3.04. The highest BCUT2D eigenvalue weighted by molar-refractivity contribution is 5.93. The molecule has 20 heavy (non-hydrogen) atoms. The molecule has 1 aliphatic rings. The Bertz CT molecular complexity index is 468. The fraction of sp³-hybridized carbons (Fsp3) is 0.583. The highest BCUT2D eigenvalue weighted by Gasteiger charge is 2.45. The lowest BCUT2D eigenvalue weighted by molar-refractivity contribution is -0.277. The van der Waals surface area contributed by atoms with Gasteiger partial charge in [-0.05, 0) is 0 Å². The molecule has 2 rings (SSSR count). The van der Waals surface area contributed by atoms with E-state index in [1.807, 2.05) is 0 Å². The summed E-state index contributed by atoms with van der Waals surface area (Å²) in [5.41, 5.74) is 0. The van der Waals surface area contributed by atoms with E-state index in [9.17, 15) is 20.1 Å². The van der Waals surface area contributed by atoms with Crippen molar-refractivity contribution >= 4 is 5.78 Å². The maximum absolute atomic E-state index is 11.3. The molecule has 1 fully saturated rings. The quantitative estimate of drug-likeness (QED) is 0.396. The molecule has 8 heteroatoms. The Kier molecular flexibility index (Phi) is 4.41. The molecule has 0 bridgehead atoms. The third-order valence-electron chi connectivity index (χ3n) is 3.04. The number of aliphatic hydroxyl groups is 4. The first-order valence-corrected chi connectivity index (χ1v) is 6.01. The van der Waals surface area contributed by atoms with E-state index < -0.39 is 37.3 Å². The second-order valence-corrected chi connectivity index (χ2v) is 4.49. The van der Waals surface area contributed by atoms with Crippen LogP contribution in [0.2, 0.25) is 0 Å². The van der Waals surface area contributed by atoms with Gasteiger partial charge in [0, 0.05) is 13.0 Å². The molecular formula is C12H16O8. The smallest absolute Gasteiger partial charge is 0.229 e. The zero-order chi connectivity index (χ0) is 14.9. The van der Waals surface area contributed by atoms with E-state index in [0.29, 0.717) is 0 Å². The van der Waals surface area contributed by atoms with Crippen molar-refractivity contribution in [3.05, 3.63) is 18.1 Å². The Balaban J connectivity index is 2.15. The highest BCUT2D eigenvalue weighted by Crippen LogP contribution is 2.27. The number of carbonyl (C=O) groups is 1. The van der Waals surface area contributed by atoms with Gasteiger partial charge in [0.1, 0.15) is 24.4 Å². The monoisotopic (exact) mass is 294 g/mol. The molecule has 0 radical (unpaired) electrons. The molecule has 1 aromatic heterocycles. The lowest BCUT2D eigenvalue weighted by atomic mass is 10.3. The first kappa shape index (κ1) is 14.9. The maximum atomic E-state index is 11.3. The summed E-state index contributed by atoms with van der Waals surface area (Å²) in [6, 6.07) is 1.36. The molecule has 0 spiro atoms. The number of ketones is 1. The molecule has 1 saturated heterocycles. The summed E-state index contributed by atoms with van der Waals surface area (Å²) in [4.78, 5) is 11.3. The van der Waals surface area contributed by atoms with E-state index in [1.165, 1.54) is 19.3 Å². The molecular weight excluding hydrogens is 278 g/mol. The lowest BCUT2D eigenvalue weighted by Gasteiger charge is -2.39. The second kappa shape index (κ2) is 5.90. The average molecular weight is 294 g/mol.